The number of aryl methyl sites for hydroxylation is 1. The zero-order chi connectivity index (χ0) is 22.5. The lowest BCUT2D eigenvalue weighted by molar-refractivity contribution is -0.137. The van der Waals surface area contributed by atoms with Crippen molar-refractivity contribution in [3.8, 4) is 0 Å². The van der Waals surface area contributed by atoms with Crippen LogP contribution in [-0.2, 0) is 21.0 Å². The molecular formula is C18H23F3N4O3S2. The van der Waals surface area contributed by atoms with Crippen LogP contribution >= 0.6 is 11.3 Å². The maximum Gasteiger partial charge on any atom is 0.416 e. The third kappa shape index (κ3) is 6.76. The number of thiazole rings is 1. The lowest BCUT2D eigenvalue weighted by Gasteiger charge is -2.23. The summed E-state index contributed by atoms with van der Waals surface area (Å²) in [5, 5.41) is 4.57. The quantitative estimate of drug-likeness (QED) is 0.617. The fraction of sp³-hybridized carbons (Fsp3) is 0.444. The summed E-state index contributed by atoms with van der Waals surface area (Å²) in [7, 11) is -0.710. The topological polar surface area (TPSA) is 82.6 Å². The van der Waals surface area contributed by atoms with Crippen LogP contribution in [0.4, 0.5) is 18.3 Å². The first-order valence-corrected chi connectivity index (χ1v) is 11.3. The molecule has 0 saturated carbocycles. The number of nitrogens with zero attached hydrogens (tertiary/aromatic N) is 3. The van der Waals surface area contributed by atoms with Gasteiger partial charge in [0.2, 0.25) is 15.9 Å². The maximum atomic E-state index is 13.0. The van der Waals surface area contributed by atoms with Crippen LogP contribution in [0.15, 0.2) is 34.5 Å². The number of rotatable bonds is 9. The molecule has 1 N–H and O–H groups in total. The first-order valence-electron chi connectivity index (χ1n) is 8.93. The van der Waals surface area contributed by atoms with E-state index in [1.54, 1.807) is 12.3 Å². The van der Waals surface area contributed by atoms with E-state index in [4.69, 9.17) is 0 Å². The molecule has 1 aromatic heterocycles. The molecule has 166 valence electrons. The number of alkyl halides is 3. The molecule has 30 heavy (non-hydrogen) atoms. The average molecular weight is 465 g/mol. The molecule has 0 aliphatic heterocycles. The molecule has 1 heterocycles. The second-order valence-electron chi connectivity index (χ2n) is 6.86. The molecule has 0 bridgehead atoms. The third-order valence-electron chi connectivity index (χ3n) is 4.00. The highest BCUT2D eigenvalue weighted by Crippen LogP contribution is 2.31. The number of halogens is 3. The molecule has 2 aromatic rings. The maximum absolute atomic E-state index is 13.0. The largest absolute Gasteiger partial charge is 0.416 e. The second-order valence-corrected chi connectivity index (χ2v) is 9.66. The summed E-state index contributed by atoms with van der Waals surface area (Å²) in [5.74, 6) is -0.621. The van der Waals surface area contributed by atoms with Crippen LogP contribution in [0.1, 0.15) is 17.7 Å². The summed E-state index contributed by atoms with van der Waals surface area (Å²) < 4.78 is 66.0. The molecule has 1 aromatic carbocycles. The van der Waals surface area contributed by atoms with Crippen molar-refractivity contribution in [2.24, 2.45) is 0 Å². The van der Waals surface area contributed by atoms with Gasteiger partial charge < -0.3 is 10.2 Å². The van der Waals surface area contributed by atoms with E-state index in [9.17, 15) is 26.4 Å². The van der Waals surface area contributed by atoms with Gasteiger partial charge in [-0.3, -0.25) is 4.79 Å². The summed E-state index contributed by atoms with van der Waals surface area (Å²) in [4.78, 5) is 17.8. The highest BCUT2D eigenvalue weighted by molar-refractivity contribution is 7.89. The first-order chi connectivity index (χ1) is 13.9. The monoisotopic (exact) mass is 464 g/mol. The zero-order valence-electron chi connectivity index (χ0n) is 16.7. The number of nitrogens with one attached hydrogen (secondary N) is 1. The van der Waals surface area contributed by atoms with Gasteiger partial charge in [-0.15, -0.1) is 11.3 Å². The number of benzene rings is 1. The number of carbonyl (C=O) groups excluding carboxylic acids is 1. The Kier molecular flexibility index (Phi) is 7.97. The molecule has 0 saturated heterocycles. The first kappa shape index (κ1) is 24.3. The number of aromatic nitrogens is 1. The van der Waals surface area contributed by atoms with Crippen molar-refractivity contribution in [1.82, 2.24) is 14.2 Å². The van der Waals surface area contributed by atoms with Crippen LogP contribution in [0, 0.1) is 6.92 Å². The Labute approximate surface area is 177 Å². The van der Waals surface area contributed by atoms with Gasteiger partial charge >= 0.3 is 6.18 Å². The summed E-state index contributed by atoms with van der Waals surface area (Å²) in [6.45, 7) is 1.73. The molecule has 1 amide bonds. The molecule has 0 unspecified atom stereocenters. The number of hydrogen-bond acceptors (Lipinski definition) is 6. The summed E-state index contributed by atoms with van der Waals surface area (Å²) >= 11 is 1.19. The molecule has 2 rings (SSSR count). The van der Waals surface area contributed by atoms with Gasteiger partial charge in [-0.2, -0.15) is 17.5 Å². The van der Waals surface area contributed by atoms with Gasteiger partial charge in [0.1, 0.15) is 0 Å². The molecule has 0 atom stereocenters. The summed E-state index contributed by atoms with van der Waals surface area (Å²) in [6.07, 6.45) is -4.28. The zero-order valence-corrected chi connectivity index (χ0v) is 18.4. The van der Waals surface area contributed by atoms with E-state index in [1.165, 1.54) is 11.3 Å². The average Bonchev–Trinajstić information content (AvgIpc) is 3.04. The van der Waals surface area contributed by atoms with Gasteiger partial charge in [0.25, 0.3) is 0 Å². The summed E-state index contributed by atoms with van der Waals surface area (Å²) in [5.41, 5.74) is -0.366. The summed E-state index contributed by atoms with van der Waals surface area (Å²) in [6, 6.07) is 3.50. The van der Waals surface area contributed by atoms with E-state index in [2.05, 4.69) is 10.3 Å². The number of carbonyl (C=O) groups is 1. The van der Waals surface area contributed by atoms with E-state index >= 15 is 0 Å². The van der Waals surface area contributed by atoms with Crippen molar-refractivity contribution in [1.29, 1.82) is 0 Å². The highest BCUT2D eigenvalue weighted by atomic mass is 32.2. The van der Waals surface area contributed by atoms with Crippen molar-refractivity contribution in [2.45, 2.75) is 24.4 Å². The molecule has 7 nitrogen and oxygen atoms in total. The van der Waals surface area contributed by atoms with E-state index in [0.29, 0.717) is 29.9 Å². The predicted molar refractivity (Wildman–Crippen MR) is 109 cm³/mol. The van der Waals surface area contributed by atoms with Crippen LogP contribution in [0.3, 0.4) is 0 Å². The molecular weight excluding hydrogens is 441 g/mol. The third-order valence-corrected chi connectivity index (χ3v) is 6.71. The molecule has 0 radical (unpaired) electrons. The Hall–Kier alpha value is -2.02. The Morgan fingerprint density at radius 3 is 2.50 bits per heavy atom. The van der Waals surface area contributed by atoms with E-state index in [0.717, 1.165) is 22.5 Å². The minimum absolute atomic E-state index is 0.0267. The second kappa shape index (κ2) is 9.86. The minimum atomic E-state index is -4.68. The van der Waals surface area contributed by atoms with E-state index in [1.807, 2.05) is 19.0 Å². The lowest BCUT2D eigenvalue weighted by atomic mass is 10.2. The number of amides is 1. The van der Waals surface area contributed by atoms with Crippen molar-refractivity contribution in [2.75, 3.05) is 39.0 Å². The standard InChI is InChI=1S/C18H23F3N4O3S2/c1-13-12-29-17(22-13)23-16(26)11-25(9-5-8-24(2)3)30(27,28)15-7-4-6-14(10-15)18(19,20)21/h4,6-7,10,12H,5,8-9,11H2,1-3H3,(H,22,23,26). The van der Waals surface area contributed by atoms with E-state index < -0.39 is 39.1 Å². The normalized spacial score (nSPS) is 12.5. The molecule has 0 aliphatic carbocycles. The van der Waals surface area contributed by atoms with Crippen molar-refractivity contribution in [3.05, 3.63) is 40.9 Å². The van der Waals surface area contributed by atoms with Crippen LogP contribution in [0.5, 0.6) is 0 Å². The SMILES string of the molecule is Cc1csc(NC(=O)CN(CCCN(C)C)S(=O)(=O)c2cccc(C(F)(F)F)c2)n1. The van der Waals surface area contributed by atoms with Gasteiger partial charge in [-0.1, -0.05) is 6.07 Å². The van der Waals surface area contributed by atoms with Crippen molar-refractivity contribution in [3.63, 3.8) is 0 Å². The highest BCUT2D eigenvalue weighted by Gasteiger charge is 2.33. The fourth-order valence-electron chi connectivity index (χ4n) is 2.56. The smallest absolute Gasteiger partial charge is 0.309 e. The predicted octanol–water partition coefficient (Wildman–Crippen LogP) is 3.05. The molecule has 0 aliphatic rings. The van der Waals surface area contributed by atoms with Crippen molar-refractivity contribution < 1.29 is 26.4 Å². The Bertz CT molecular complexity index is 975. The Morgan fingerprint density at radius 1 is 1.23 bits per heavy atom. The molecule has 0 spiro atoms. The van der Waals surface area contributed by atoms with Crippen molar-refractivity contribution >= 4 is 32.4 Å². The van der Waals surface area contributed by atoms with E-state index in [-0.39, 0.29) is 6.54 Å². The van der Waals surface area contributed by atoms with Crippen LogP contribution in [0.2, 0.25) is 0 Å². The van der Waals surface area contributed by atoms with Crippen LogP contribution in [0.25, 0.3) is 0 Å². The Balaban J connectivity index is 2.26. The minimum Gasteiger partial charge on any atom is -0.309 e. The molecule has 0 fully saturated rings. The van der Waals surface area contributed by atoms with Gasteiger partial charge in [-0.05, 0) is 52.2 Å². The van der Waals surface area contributed by atoms with Gasteiger partial charge in [0, 0.05) is 11.9 Å². The van der Waals surface area contributed by atoms with Gasteiger partial charge in [0.15, 0.2) is 5.13 Å². The van der Waals surface area contributed by atoms with Crippen LogP contribution < -0.4 is 5.32 Å². The van der Waals surface area contributed by atoms with Crippen LogP contribution in [-0.4, -0.2) is 62.2 Å². The lowest BCUT2D eigenvalue weighted by Crippen LogP contribution is -2.39. The number of hydrogen-bond donors (Lipinski definition) is 1. The fourth-order valence-corrected chi connectivity index (χ4v) is 4.75. The van der Waals surface area contributed by atoms with Gasteiger partial charge in [-0.25, -0.2) is 13.4 Å². The van der Waals surface area contributed by atoms with Gasteiger partial charge in [0.05, 0.1) is 22.7 Å². The number of sulfonamides is 1. The Morgan fingerprint density at radius 2 is 1.93 bits per heavy atom. The molecule has 12 heteroatoms. The number of anilines is 1.